The van der Waals surface area contributed by atoms with Crippen LogP contribution in [0.1, 0.15) is 60.8 Å². The smallest absolute Gasteiger partial charge is 0.174 e. The van der Waals surface area contributed by atoms with Crippen LogP contribution in [0.25, 0.3) is 0 Å². The van der Waals surface area contributed by atoms with Gasteiger partial charge in [0, 0.05) is 17.8 Å². The van der Waals surface area contributed by atoms with E-state index >= 15 is 0 Å². The molecule has 5 heteroatoms. The van der Waals surface area contributed by atoms with Crippen molar-refractivity contribution in [2.24, 2.45) is 22.7 Å². The second-order valence-electron chi connectivity index (χ2n) is 9.72. The Kier molecular flexibility index (Phi) is 4.71. The second kappa shape index (κ2) is 6.13. The van der Waals surface area contributed by atoms with Crippen LogP contribution in [0.4, 0.5) is 0 Å². The van der Waals surface area contributed by atoms with E-state index in [1.165, 1.54) is 0 Å². The van der Waals surface area contributed by atoms with Gasteiger partial charge in [0.2, 0.25) is 0 Å². The zero-order valence-electron chi connectivity index (χ0n) is 16.9. The zero-order chi connectivity index (χ0) is 19.7. The highest BCUT2D eigenvalue weighted by Crippen LogP contribution is 2.53. The minimum Gasteiger partial charge on any atom is -0.392 e. The summed E-state index contributed by atoms with van der Waals surface area (Å²) in [6, 6.07) is 0. The number of ether oxygens (including phenoxy) is 1. The lowest BCUT2D eigenvalue weighted by atomic mass is 9.54. The molecule has 3 N–H and O–H groups in total. The summed E-state index contributed by atoms with van der Waals surface area (Å²) in [5.41, 5.74) is -1.14. The van der Waals surface area contributed by atoms with Crippen molar-refractivity contribution in [1.29, 1.82) is 0 Å². The Morgan fingerprint density at radius 1 is 1.27 bits per heavy atom. The number of Topliss-reactive ketones (excluding diaryl/α,β-unsaturated/α-hetero) is 1. The van der Waals surface area contributed by atoms with Gasteiger partial charge < -0.3 is 20.1 Å². The number of allylic oxidation sites excluding steroid dienone is 1. The van der Waals surface area contributed by atoms with Gasteiger partial charge in [-0.25, -0.2) is 0 Å². The summed E-state index contributed by atoms with van der Waals surface area (Å²) in [6.45, 7) is 11.9. The zero-order valence-corrected chi connectivity index (χ0v) is 16.9. The summed E-state index contributed by atoms with van der Waals surface area (Å²) < 4.78 is 5.53. The maximum absolute atomic E-state index is 13.5. The van der Waals surface area contributed by atoms with E-state index in [9.17, 15) is 20.1 Å². The number of rotatable bonds is 3. The van der Waals surface area contributed by atoms with Gasteiger partial charge in [0.05, 0.1) is 29.8 Å². The summed E-state index contributed by atoms with van der Waals surface area (Å²) in [4.78, 5) is 13.5. The first-order chi connectivity index (χ1) is 11.9. The van der Waals surface area contributed by atoms with Gasteiger partial charge in [0.1, 0.15) is 6.10 Å². The average Bonchev–Trinajstić information content (AvgIpc) is 2.52. The van der Waals surface area contributed by atoms with Gasteiger partial charge in [-0.2, -0.15) is 0 Å². The van der Waals surface area contributed by atoms with E-state index in [0.29, 0.717) is 31.4 Å². The summed E-state index contributed by atoms with van der Waals surface area (Å²) in [5, 5.41) is 32.8. The molecule has 1 saturated carbocycles. The molecule has 148 valence electrons. The minimum absolute atomic E-state index is 0.0193. The van der Waals surface area contributed by atoms with Crippen LogP contribution in [0.2, 0.25) is 0 Å². The third-order valence-corrected chi connectivity index (χ3v) is 8.24. The molecule has 7 atom stereocenters. The number of aliphatic hydroxyl groups is 3. The topological polar surface area (TPSA) is 87.0 Å². The van der Waals surface area contributed by atoms with Crippen LogP contribution < -0.4 is 0 Å². The summed E-state index contributed by atoms with van der Waals surface area (Å²) >= 11 is 0. The highest BCUT2D eigenvalue weighted by molar-refractivity contribution is 5.92. The molecule has 3 rings (SSSR count). The van der Waals surface area contributed by atoms with Gasteiger partial charge in [-0.1, -0.05) is 26.3 Å². The molecule has 2 fully saturated rings. The monoisotopic (exact) mass is 366 g/mol. The first-order valence-corrected chi connectivity index (χ1v) is 9.80. The average molecular weight is 366 g/mol. The predicted molar refractivity (Wildman–Crippen MR) is 98.5 cm³/mol. The Morgan fingerprint density at radius 2 is 1.88 bits per heavy atom. The normalized spacial score (nSPS) is 46.3. The largest absolute Gasteiger partial charge is 0.392 e. The Labute approximate surface area is 156 Å². The van der Waals surface area contributed by atoms with E-state index < -0.39 is 28.6 Å². The number of hydrogen-bond donors (Lipinski definition) is 3. The fourth-order valence-electron chi connectivity index (χ4n) is 5.36. The Bertz CT molecular complexity index is 634. The van der Waals surface area contributed by atoms with Crippen LogP contribution >= 0.6 is 0 Å². The van der Waals surface area contributed by atoms with Crippen LogP contribution in [0.15, 0.2) is 11.1 Å². The molecule has 3 aliphatic rings. The number of fused-ring (bicyclic) bond motifs is 1. The van der Waals surface area contributed by atoms with Crippen molar-refractivity contribution in [3.63, 3.8) is 0 Å². The first kappa shape index (κ1) is 20.0. The number of ketones is 1. The molecule has 0 aromatic carbocycles. The van der Waals surface area contributed by atoms with Gasteiger partial charge in [-0.05, 0) is 45.1 Å². The van der Waals surface area contributed by atoms with Crippen LogP contribution in [0, 0.1) is 22.7 Å². The van der Waals surface area contributed by atoms with Crippen molar-refractivity contribution < 1.29 is 24.9 Å². The van der Waals surface area contributed by atoms with E-state index in [-0.39, 0.29) is 23.7 Å². The maximum atomic E-state index is 13.5. The molecule has 0 radical (unpaired) electrons. The van der Waals surface area contributed by atoms with Crippen molar-refractivity contribution in [3.05, 3.63) is 11.1 Å². The van der Waals surface area contributed by atoms with Gasteiger partial charge >= 0.3 is 0 Å². The van der Waals surface area contributed by atoms with Crippen LogP contribution in [-0.4, -0.2) is 51.6 Å². The quantitative estimate of drug-likeness (QED) is 0.667. The summed E-state index contributed by atoms with van der Waals surface area (Å²) in [7, 11) is 0. The van der Waals surface area contributed by atoms with Crippen molar-refractivity contribution >= 4 is 5.78 Å². The molecule has 0 bridgehead atoms. The van der Waals surface area contributed by atoms with Crippen LogP contribution in [0.3, 0.4) is 0 Å². The molecular weight excluding hydrogens is 332 g/mol. The molecule has 5 nitrogen and oxygen atoms in total. The minimum atomic E-state index is -1.31. The first-order valence-electron chi connectivity index (χ1n) is 9.80. The van der Waals surface area contributed by atoms with Gasteiger partial charge in [-0.3, -0.25) is 4.79 Å². The highest BCUT2D eigenvalue weighted by atomic mass is 16.5. The maximum Gasteiger partial charge on any atom is 0.174 e. The molecule has 2 aliphatic carbocycles. The van der Waals surface area contributed by atoms with Crippen LogP contribution in [-0.2, 0) is 9.53 Å². The summed E-state index contributed by atoms with van der Waals surface area (Å²) in [6.07, 6.45) is -0.434. The van der Waals surface area contributed by atoms with E-state index in [2.05, 4.69) is 0 Å². The van der Waals surface area contributed by atoms with E-state index in [4.69, 9.17) is 4.74 Å². The standard InChI is InChI=1S/C21H34O5/c1-11-7-8-20(5,25)19(3,4)16(11)17(23)18(24)21(6)12(2)13-10-26-14(13)9-15(21)22/h12-15,17,22-23,25H,7-10H2,1-6H3/t12?,13?,14-,15+,17-,20+,21+/m1/s1. The molecule has 1 saturated heterocycles. The lowest BCUT2D eigenvalue weighted by Gasteiger charge is -2.55. The SMILES string of the molecule is CC1=C([C@@H](O)C(=O)[C@@]2(C)C(C)C3CO[C@@H]3C[C@@H]2O)C(C)(C)[C@@](C)(O)CC1. The fraction of sp³-hybridized carbons (Fsp3) is 0.857. The van der Waals surface area contributed by atoms with Gasteiger partial charge in [-0.15, -0.1) is 0 Å². The van der Waals surface area contributed by atoms with Gasteiger partial charge in [0.25, 0.3) is 0 Å². The number of hydrogen-bond acceptors (Lipinski definition) is 5. The molecule has 0 aromatic heterocycles. The highest BCUT2D eigenvalue weighted by Gasteiger charge is 2.59. The molecule has 0 amide bonds. The predicted octanol–water partition coefficient (Wildman–Crippen LogP) is 2.23. The molecular formula is C21H34O5. The van der Waals surface area contributed by atoms with Crippen molar-refractivity contribution in [3.8, 4) is 0 Å². The Morgan fingerprint density at radius 3 is 2.42 bits per heavy atom. The summed E-state index contributed by atoms with van der Waals surface area (Å²) in [5.74, 6) is -0.152. The van der Waals surface area contributed by atoms with E-state index in [0.717, 1.165) is 5.57 Å². The fourth-order valence-corrected chi connectivity index (χ4v) is 5.36. The molecule has 0 aromatic rings. The second-order valence-corrected chi connectivity index (χ2v) is 9.72. The molecule has 2 unspecified atom stereocenters. The lowest BCUT2D eigenvalue weighted by molar-refractivity contribution is -0.220. The number of carbonyl (C=O) groups is 1. The molecule has 1 heterocycles. The Balaban J connectivity index is 1.96. The Hall–Kier alpha value is -0.750. The molecule has 0 spiro atoms. The third kappa shape index (κ3) is 2.55. The van der Waals surface area contributed by atoms with Crippen molar-refractivity contribution in [2.45, 2.75) is 84.7 Å². The third-order valence-electron chi connectivity index (χ3n) is 8.24. The number of carbonyl (C=O) groups excluding carboxylic acids is 1. The van der Waals surface area contributed by atoms with Crippen molar-refractivity contribution in [1.82, 2.24) is 0 Å². The lowest BCUT2D eigenvalue weighted by Crippen LogP contribution is -2.63. The van der Waals surface area contributed by atoms with Gasteiger partial charge in [0.15, 0.2) is 5.78 Å². The van der Waals surface area contributed by atoms with Crippen LogP contribution in [0.5, 0.6) is 0 Å². The van der Waals surface area contributed by atoms with E-state index in [1.807, 2.05) is 27.7 Å². The molecule has 1 aliphatic heterocycles. The number of aliphatic hydroxyl groups excluding tert-OH is 2. The van der Waals surface area contributed by atoms with Crippen molar-refractivity contribution in [2.75, 3.05) is 6.61 Å². The van der Waals surface area contributed by atoms with E-state index in [1.54, 1.807) is 13.8 Å². The molecule has 26 heavy (non-hydrogen) atoms.